The Kier molecular flexibility index (Phi) is 4.26. The van der Waals surface area contributed by atoms with Crippen LogP contribution in [0.5, 0.6) is 0 Å². The summed E-state index contributed by atoms with van der Waals surface area (Å²) in [5, 5.41) is 12.0. The Morgan fingerprint density at radius 2 is 2.10 bits per heavy atom. The van der Waals surface area contributed by atoms with Gasteiger partial charge in [0.1, 0.15) is 11.5 Å². The second-order valence-corrected chi connectivity index (χ2v) is 5.94. The maximum absolute atomic E-state index is 12.8. The van der Waals surface area contributed by atoms with E-state index in [-0.39, 0.29) is 12.6 Å². The molecular formula is C13H16FN3O3S. The van der Waals surface area contributed by atoms with Crippen molar-refractivity contribution in [3.8, 4) is 0 Å². The van der Waals surface area contributed by atoms with Crippen molar-refractivity contribution in [2.45, 2.75) is 33.4 Å². The molecule has 2 aromatic rings. The number of rotatable bonds is 4. The third kappa shape index (κ3) is 2.39. The maximum atomic E-state index is 12.8. The first kappa shape index (κ1) is 15.4. The van der Waals surface area contributed by atoms with E-state index < -0.39 is 17.9 Å². The van der Waals surface area contributed by atoms with Crippen LogP contribution in [0.3, 0.4) is 0 Å². The van der Waals surface area contributed by atoms with Crippen molar-refractivity contribution in [3.05, 3.63) is 31.3 Å². The zero-order valence-corrected chi connectivity index (χ0v) is 12.8. The molecule has 0 bridgehead atoms. The van der Waals surface area contributed by atoms with Gasteiger partial charge in [0.2, 0.25) is 0 Å². The van der Waals surface area contributed by atoms with E-state index in [9.17, 15) is 14.0 Å². The van der Waals surface area contributed by atoms with Gasteiger partial charge in [0.25, 0.3) is 5.56 Å². The predicted molar refractivity (Wildman–Crippen MR) is 80.8 cm³/mol. The number of thiophene rings is 1. The van der Waals surface area contributed by atoms with Gasteiger partial charge in [0, 0.05) is 6.04 Å². The fraction of sp³-hybridized carbons (Fsp3) is 0.462. The predicted octanol–water partition coefficient (Wildman–Crippen LogP) is 1.89. The zero-order valence-electron chi connectivity index (χ0n) is 12.0. The summed E-state index contributed by atoms with van der Waals surface area (Å²) in [5.74, 6) is 0. The van der Waals surface area contributed by atoms with Gasteiger partial charge < -0.3 is 5.21 Å². The standard InChI is InChI=1S/C13H16FN3O3S/c1-7(2)17-11(18)10-8(3)9(6-15-20)21-12(10)16(5-4-14)13(17)19/h6-7,20H,4-5H2,1-3H3/b15-6-. The van der Waals surface area contributed by atoms with Crippen LogP contribution in [0, 0.1) is 6.92 Å². The highest BCUT2D eigenvalue weighted by molar-refractivity contribution is 7.20. The van der Waals surface area contributed by atoms with Crippen LogP contribution < -0.4 is 11.2 Å². The monoisotopic (exact) mass is 313 g/mol. The van der Waals surface area contributed by atoms with E-state index in [1.54, 1.807) is 20.8 Å². The van der Waals surface area contributed by atoms with Crippen molar-refractivity contribution < 1.29 is 9.60 Å². The molecule has 2 rings (SSSR count). The van der Waals surface area contributed by atoms with E-state index in [4.69, 9.17) is 5.21 Å². The summed E-state index contributed by atoms with van der Waals surface area (Å²) in [6, 6.07) is -0.325. The average Bonchev–Trinajstić information content (AvgIpc) is 2.72. The lowest BCUT2D eigenvalue weighted by Gasteiger charge is -2.13. The minimum absolute atomic E-state index is 0.113. The molecule has 6 nitrogen and oxygen atoms in total. The average molecular weight is 313 g/mol. The number of hydrogen-bond donors (Lipinski definition) is 1. The summed E-state index contributed by atoms with van der Waals surface area (Å²) in [7, 11) is 0. The van der Waals surface area contributed by atoms with Gasteiger partial charge in [-0.05, 0) is 26.3 Å². The van der Waals surface area contributed by atoms with Crippen molar-refractivity contribution in [1.82, 2.24) is 9.13 Å². The first-order valence-corrected chi connectivity index (χ1v) is 7.27. The molecule has 2 aromatic heterocycles. The van der Waals surface area contributed by atoms with Crippen LogP contribution >= 0.6 is 11.3 Å². The Hall–Kier alpha value is -1.96. The van der Waals surface area contributed by atoms with E-state index in [0.717, 1.165) is 15.9 Å². The number of aromatic nitrogens is 2. The van der Waals surface area contributed by atoms with Crippen LogP contribution in [0.1, 0.15) is 30.3 Å². The second kappa shape index (κ2) is 5.80. The van der Waals surface area contributed by atoms with E-state index in [1.165, 1.54) is 10.8 Å². The Bertz CT molecular complexity index is 817. The maximum Gasteiger partial charge on any atom is 0.332 e. The summed E-state index contributed by atoms with van der Waals surface area (Å²) < 4.78 is 15.2. The first-order valence-electron chi connectivity index (χ1n) is 6.45. The summed E-state index contributed by atoms with van der Waals surface area (Å²) in [4.78, 5) is 25.9. The summed E-state index contributed by atoms with van der Waals surface area (Å²) >= 11 is 1.14. The summed E-state index contributed by atoms with van der Waals surface area (Å²) in [5.41, 5.74) is -0.292. The van der Waals surface area contributed by atoms with Crippen LogP contribution in [0.15, 0.2) is 14.7 Å². The number of halogens is 1. The summed E-state index contributed by atoms with van der Waals surface area (Å²) in [6.45, 7) is 4.36. The third-order valence-corrected chi connectivity index (χ3v) is 4.53. The minimum Gasteiger partial charge on any atom is -0.411 e. The molecular weight excluding hydrogens is 297 g/mol. The van der Waals surface area contributed by atoms with Crippen molar-refractivity contribution in [2.75, 3.05) is 6.67 Å². The molecule has 0 saturated heterocycles. The molecule has 0 saturated carbocycles. The number of fused-ring (bicyclic) bond motifs is 1. The quantitative estimate of drug-likeness (QED) is 0.532. The Morgan fingerprint density at radius 3 is 2.62 bits per heavy atom. The SMILES string of the molecule is Cc1c(/C=N\O)sc2c1c(=O)n(C(C)C)c(=O)n2CCF. The number of hydrogen-bond acceptors (Lipinski definition) is 5. The van der Waals surface area contributed by atoms with E-state index >= 15 is 0 Å². The highest BCUT2D eigenvalue weighted by atomic mass is 32.1. The van der Waals surface area contributed by atoms with Crippen LogP contribution in [-0.2, 0) is 6.54 Å². The van der Waals surface area contributed by atoms with Crippen molar-refractivity contribution in [3.63, 3.8) is 0 Å². The van der Waals surface area contributed by atoms with Gasteiger partial charge >= 0.3 is 5.69 Å². The minimum atomic E-state index is -0.703. The van der Waals surface area contributed by atoms with Crippen LogP contribution in [-0.4, -0.2) is 27.2 Å². The second-order valence-electron chi connectivity index (χ2n) is 4.91. The van der Waals surface area contributed by atoms with Crippen LogP contribution in [0.2, 0.25) is 0 Å². The van der Waals surface area contributed by atoms with Gasteiger partial charge in [-0.2, -0.15) is 0 Å². The van der Waals surface area contributed by atoms with Crippen molar-refractivity contribution in [2.24, 2.45) is 5.16 Å². The van der Waals surface area contributed by atoms with Gasteiger partial charge in [0.15, 0.2) is 0 Å². The largest absolute Gasteiger partial charge is 0.411 e. The number of alkyl halides is 1. The Labute approximate surface area is 123 Å². The molecule has 0 fully saturated rings. The highest BCUT2D eigenvalue weighted by Crippen LogP contribution is 2.26. The van der Waals surface area contributed by atoms with Crippen LogP contribution in [0.25, 0.3) is 10.2 Å². The van der Waals surface area contributed by atoms with Gasteiger partial charge in [-0.25, -0.2) is 9.18 Å². The fourth-order valence-corrected chi connectivity index (χ4v) is 3.48. The van der Waals surface area contributed by atoms with E-state index in [2.05, 4.69) is 5.16 Å². The Balaban J connectivity index is 3.02. The molecule has 0 aliphatic rings. The van der Waals surface area contributed by atoms with Gasteiger partial charge in [-0.1, -0.05) is 5.16 Å². The van der Waals surface area contributed by atoms with Crippen molar-refractivity contribution >= 4 is 27.8 Å². The normalized spacial score (nSPS) is 12.0. The topological polar surface area (TPSA) is 76.6 Å². The number of aryl methyl sites for hydroxylation is 2. The lowest BCUT2D eigenvalue weighted by molar-refractivity contribution is 0.322. The molecule has 0 aromatic carbocycles. The fourth-order valence-electron chi connectivity index (χ4n) is 2.29. The van der Waals surface area contributed by atoms with Crippen LogP contribution in [0.4, 0.5) is 4.39 Å². The third-order valence-electron chi connectivity index (χ3n) is 3.28. The molecule has 114 valence electrons. The van der Waals surface area contributed by atoms with Gasteiger partial charge in [-0.3, -0.25) is 13.9 Å². The lowest BCUT2D eigenvalue weighted by atomic mass is 10.2. The van der Waals surface area contributed by atoms with E-state index in [1.807, 2.05) is 0 Å². The zero-order chi connectivity index (χ0) is 15.7. The molecule has 2 heterocycles. The molecule has 0 amide bonds. The van der Waals surface area contributed by atoms with E-state index in [0.29, 0.717) is 20.7 Å². The van der Waals surface area contributed by atoms with Gasteiger partial charge in [-0.15, -0.1) is 11.3 Å². The molecule has 0 aliphatic carbocycles. The number of oxime groups is 1. The molecule has 0 aliphatic heterocycles. The first-order chi connectivity index (χ1) is 9.93. The summed E-state index contributed by atoms with van der Waals surface area (Å²) in [6.07, 6.45) is 1.21. The highest BCUT2D eigenvalue weighted by Gasteiger charge is 2.20. The molecule has 0 atom stereocenters. The molecule has 0 unspecified atom stereocenters. The van der Waals surface area contributed by atoms with Crippen molar-refractivity contribution in [1.29, 1.82) is 0 Å². The Morgan fingerprint density at radius 1 is 1.43 bits per heavy atom. The lowest BCUT2D eigenvalue weighted by Crippen LogP contribution is -2.41. The molecule has 0 spiro atoms. The molecule has 0 radical (unpaired) electrons. The molecule has 21 heavy (non-hydrogen) atoms. The molecule has 1 N–H and O–H groups in total. The molecule has 8 heteroatoms. The number of nitrogens with zero attached hydrogens (tertiary/aromatic N) is 3. The van der Waals surface area contributed by atoms with Gasteiger partial charge in [0.05, 0.1) is 23.0 Å². The smallest absolute Gasteiger partial charge is 0.332 e.